The van der Waals surface area contributed by atoms with E-state index in [4.69, 9.17) is 5.73 Å². The van der Waals surface area contributed by atoms with Crippen LogP contribution in [0.4, 0.5) is 5.69 Å². The standard InChI is InChI=1S/C24H28N2O3/c1-6-8-17-15(13(2)3)11-12-16(14(4)5)21(17)26-23(28)19-10-7-9-18(22(25)27)20(19)24(26)29/h7,9-14H,6,8H2,1-5H3,(H2,25,27). The zero-order valence-electron chi connectivity index (χ0n) is 17.7. The lowest BCUT2D eigenvalue weighted by Gasteiger charge is -2.27. The van der Waals surface area contributed by atoms with Crippen LogP contribution in [-0.2, 0) is 6.42 Å². The van der Waals surface area contributed by atoms with Crippen molar-refractivity contribution in [2.24, 2.45) is 5.73 Å². The molecule has 152 valence electrons. The molecule has 0 radical (unpaired) electrons. The Morgan fingerprint density at radius 1 is 0.966 bits per heavy atom. The maximum absolute atomic E-state index is 13.4. The van der Waals surface area contributed by atoms with Gasteiger partial charge in [0, 0.05) is 0 Å². The Kier molecular flexibility index (Phi) is 5.60. The number of benzene rings is 2. The zero-order chi connectivity index (χ0) is 21.5. The molecule has 5 heteroatoms. The minimum absolute atomic E-state index is 0.0894. The van der Waals surface area contributed by atoms with Gasteiger partial charge >= 0.3 is 0 Å². The number of amides is 3. The van der Waals surface area contributed by atoms with Crippen molar-refractivity contribution < 1.29 is 14.4 Å². The number of hydrogen-bond donors (Lipinski definition) is 1. The Balaban J connectivity index is 2.32. The van der Waals surface area contributed by atoms with Crippen molar-refractivity contribution >= 4 is 23.4 Å². The summed E-state index contributed by atoms with van der Waals surface area (Å²) < 4.78 is 0. The normalized spacial score (nSPS) is 13.6. The van der Waals surface area contributed by atoms with Crippen LogP contribution in [0.15, 0.2) is 30.3 Å². The molecule has 0 aromatic heterocycles. The van der Waals surface area contributed by atoms with E-state index in [-0.39, 0.29) is 28.5 Å². The van der Waals surface area contributed by atoms with E-state index in [1.807, 2.05) is 6.07 Å². The van der Waals surface area contributed by atoms with Crippen LogP contribution >= 0.6 is 0 Å². The monoisotopic (exact) mass is 392 g/mol. The van der Waals surface area contributed by atoms with E-state index in [0.717, 1.165) is 29.5 Å². The van der Waals surface area contributed by atoms with Gasteiger partial charge in [-0.05, 0) is 47.1 Å². The number of nitrogens with two attached hydrogens (primary N) is 1. The van der Waals surface area contributed by atoms with Gasteiger partial charge in [0.1, 0.15) is 0 Å². The van der Waals surface area contributed by atoms with Crippen LogP contribution in [0.5, 0.6) is 0 Å². The van der Waals surface area contributed by atoms with Crippen molar-refractivity contribution in [2.45, 2.75) is 59.3 Å². The van der Waals surface area contributed by atoms with Gasteiger partial charge in [0.15, 0.2) is 0 Å². The van der Waals surface area contributed by atoms with Crippen molar-refractivity contribution in [3.05, 3.63) is 63.7 Å². The van der Waals surface area contributed by atoms with E-state index in [2.05, 4.69) is 40.7 Å². The molecule has 0 saturated carbocycles. The number of carbonyl (C=O) groups is 3. The first-order chi connectivity index (χ1) is 13.7. The van der Waals surface area contributed by atoms with Gasteiger partial charge in [0.2, 0.25) is 5.91 Å². The third-order valence-corrected chi connectivity index (χ3v) is 5.50. The Morgan fingerprint density at radius 2 is 1.59 bits per heavy atom. The van der Waals surface area contributed by atoms with Crippen LogP contribution in [0.2, 0.25) is 0 Å². The van der Waals surface area contributed by atoms with Crippen molar-refractivity contribution in [1.29, 1.82) is 0 Å². The Labute approximate surface area is 171 Å². The number of carbonyl (C=O) groups excluding carboxylic acids is 3. The van der Waals surface area contributed by atoms with Gasteiger partial charge in [-0.25, -0.2) is 4.90 Å². The first kappa shape index (κ1) is 20.8. The number of rotatable bonds is 6. The van der Waals surface area contributed by atoms with Gasteiger partial charge in [-0.3, -0.25) is 14.4 Å². The number of anilines is 1. The molecular weight excluding hydrogens is 364 g/mol. The second kappa shape index (κ2) is 7.82. The molecular formula is C24H28N2O3. The van der Waals surface area contributed by atoms with Crippen LogP contribution in [0, 0.1) is 0 Å². The largest absolute Gasteiger partial charge is 0.366 e. The third kappa shape index (κ3) is 3.35. The molecule has 3 amide bonds. The number of fused-ring (bicyclic) bond motifs is 1. The average Bonchev–Trinajstić information content (AvgIpc) is 2.92. The molecule has 1 heterocycles. The summed E-state index contributed by atoms with van der Waals surface area (Å²) in [6.45, 7) is 10.4. The Hall–Kier alpha value is -2.95. The number of imide groups is 1. The van der Waals surface area contributed by atoms with Crippen LogP contribution in [0.1, 0.15) is 101 Å². The predicted octanol–water partition coefficient (Wildman–Crippen LogP) is 4.79. The second-order valence-corrected chi connectivity index (χ2v) is 8.17. The van der Waals surface area contributed by atoms with E-state index in [1.54, 1.807) is 12.1 Å². The highest BCUT2D eigenvalue weighted by Gasteiger charge is 2.41. The average molecular weight is 392 g/mol. The minimum Gasteiger partial charge on any atom is -0.366 e. The highest BCUT2D eigenvalue weighted by molar-refractivity contribution is 6.36. The lowest BCUT2D eigenvalue weighted by Crippen LogP contribution is -2.32. The van der Waals surface area contributed by atoms with Gasteiger partial charge in [-0.15, -0.1) is 0 Å². The lowest BCUT2D eigenvalue weighted by molar-refractivity contribution is 0.0917. The molecule has 0 fully saturated rings. The Bertz CT molecular complexity index is 1010. The second-order valence-electron chi connectivity index (χ2n) is 8.17. The molecule has 0 atom stereocenters. The van der Waals surface area contributed by atoms with Gasteiger partial charge in [-0.1, -0.05) is 59.2 Å². The van der Waals surface area contributed by atoms with Crippen LogP contribution < -0.4 is 10.6 Å². The highest BCUT2D eigenvalue weighted by atomic mass is 16.2. The maximum atomic E-state index is 13.4. The van der Waals surface area contributed by atoms with Crippen LogP contribution in [0.25, 0.3) is 0 Å². The lowest BCUT2D eigenvalue weighted by atomic mass is 9.87. The van der Waals surface area contributed by atoms with Gasteiger partial charge < -0.3 is 5.73 Å². The fourth-order valence-electron chi connectivity index (χ4n) is 4.15. The van der Waals surface area contributed by atoms with Gasteiger partial charge in [-0.2, -0.15) is 0 Å². The summed E-state index contributed by atoms with van der Waals surface area (Å²) in [4.78, 5) is 39.9. The van der Waals surface area contributed by atoms with E-state index in [9.17, 15) is 14.4 Å². The molecule has 0 spiro atoms. The third-order valence-electron chi connectivity index (χ3n) is 5.50. The number of primary amides is 1. The molecule has 5 nitrogen and oxygen atoms in total. The van der Waals surface area contributed by atoms with E-state index in [0.29, 0.717) is 5.69 Å². The summed E-state index contributed by atoms with van der Waals surface area (Å²) in [7, 11) is 0. The summed E-state index contributed by atoms with van der Waals surface area (Å²) in [5, 5.41) is 0. The fourth-order valence-corrected chi connectivity index (χ4v) is 4.15. The molecule has 29 heavy (non-hydrogen) atoms. The molecule has 0 saturated heterocycles. The topological polar surface area (TPSA) is 80.5 Å². The molecule has 0 aliphatic carbocycles. The molecule has 2 aromatic carbocycles. The van der Waals surface area contributed by atoms with Gasteiger partial charge in [0.05, 0.1) is 22.4 Å². The molecule has 3 rings (SSSR count). The summed E-state index contributed by atoms with van der Waals surface area (Å²) in [5.74, 6) is -1.19. The van der Waals surface area contributed by atoms with E-state index >= 15 is 0 Å². The molecule has 0 unspecified atom stereocenters. The molecule has 1 aliphatic heterocycles. The fraction of sp³-hybridized carbons (Fsp3) is 0.375. The minimum atomic E-state index is -0.710. The first-order valence-corrected chi connectivity index (χ1v) is 10.2. The van der Waals surface area contributed by atoms with Crippen LogP contribution in [-0.4, -0.2) is 17.7 Å². The molecule has 1 aliphatic rings. The summed E-state index contributed by atoms with van der Waals surface area (Å²) in [6, 6.07) is 8.81. The SMILES string of the molecule is CCCc1c(C(C)C)ccc(C(C)C)c1N1C(=O)c2cccc(C(N)=O)c2C1=O. The molecule has 2 aromatic rings. The number of nitrogens with zero attached hydrogens (tertiary/aromatic N) is 1. The zero-order valence-corrected chi connectivity index (χ0v) is 17.7. The van der Waals surface area contributed by atoms with E-state index in [1.165, 1.54) is 11.0 Å². The molecule has 0 bridgehead atoms. The summed E-state index contributed by atoms with van der Waals surface area (Å²) >= 11 is 0. The smallest absolute Gasteiger partial charge is 0.266 e. The summed E-state index contributed by atoms with van der Waals surface area (Å²) in [6.07, 6.45) is 1.66. The van der Waals surface area contributed by atoms with Crippen molar-refractivity contribution in [1.82, 2.24) is 0 Å². The van der Waals surface area contributed by atoms with Crippen molar-refractivity contribution in [3.8, 4) is 0 Å². The van der Waals surface area contributed by atoms with Crippen molar-refractivity contribution in [2.75, 3.05) is 4.90 Å². The van der Waals surface area contributed by atoms with Crippen LogP contribution in [0.3, 0.4) is 0 Å². The van der Waals surface area contributed by atoms with Gasteiger partial charge in [0.25, 0.3) is 11.8 Å². The number of hydrogen-bond acceptors (Lipinski definition) is 3. The Morgan fingerprint density at radius 3 is 2.14 bits per heavy atom. The first-order valence-electron chi connectivity index (χ1n) is 10.2. The highest BCUT2D eigenvalue weighted by Crippen LogP contribution is 2.41. The maximum Gasteiger partial charge on any atom is 0.266 e. The predicted molar refractivity (Wildman–Crippen MR) is 115 cm³/mol. The quantitative estimate of drug-likeness (QED) is 0.718. The summed E-state index contributed by atoms with van der Waals surface area (Å²) in [5.41, 5.74) is 9.71. The molecule has 2 N–H and O–H groups in total. The van der Waals surface area contributed by atoms with Crippen molar-refractivity contribution in [3.63, 3.8) is 0 Å². The van der Waals surface area contributed by atoms with E-state index < -0.39 is 17.7 Å².